The number of likely N-dealkylation sites (tertiary alicyclic amines) is 1. The Bertz CT molecular complexity index is 354. The van der Waals surface area contributed by atoms with Crippen molar-refractivity contribution < 1.29 is 9.53 Å². The highest BCUT2D eigenvalue weighted by molar-refractivity contribution is 5.83. The molecule has 1 heterocycles. The summed E-state index contributed by atoms with van der Waals surface area (Å²) in [5.74, 6) is 0.290. The topological polar surface area (TPSA) is 41.6 Å². The molecule has 1 saturated carbocycles. The Morgan fingerprint density at radius 3 is 2.70 bits per heavy atom. The van der Waals surface area contributed by atoms with Crippen molar-refractivity contribution in [1.29, 1.82) is 0 Å². The van der Waals surface area contributed by atoms with Gasteiger partial charge in [-0.25, -0.2) is 0 Å². The number of piperidine rings is 1. The molecule has 116 valence electrons. The number of carbonyl (C=O) groups is 1. The molecular formula is C16H30N2O2. The van der Waals surface area contributed by atoms with Crippen molar-refractivity contribution in [1.82, 2.24) is 10.2 Å². The molecule has 4 heteroatoms. The van der Waals surface area contributed by atoms with Crippen LogP contribution in [0, 0.1) is 5.41 Å². The Kier molecular flexibility index (Phi) is 4.75. The number of hydrogen-bond donors (Lipinski definition) is 1. The van der Waals surface area contributed by atoms with Gasteiger partial charge in [-0.2, -0.15) is 0 Å². The predicted octanol–water partition coefficient (Wildman–Crippen LogP) is 2.18. The molecule has 1 saturated heterocycles. The van der Waals surface area contributed by atoms with Crippen LogP contribution in [-0.2, 0) is 9.53 Å². The zero-order valence-electron chi connectivity index (χ0n) is 13.6. The number of amides is 1. The van der Waals surface area contributed by atoms with E-state index in [-0.39, 0.29) is 17.4 Å². The Hall–Kier alpha value is -0.610. The zero-order valence-corrected chi connectivity index (χ0v) is 13.6. The quantitative estimate of drug-likeness (QED) is 0.840. The van der Waals surface area contributed by atoms with E-state index >= 15 is 0 Å². The highest BCUT2D eigenvalue weighted by Crippen LogP contribution is 2.46. The highest BCUT2D eigenvalue weighted by Gasteiger charge is 2.53. The van der Waals surface area contributed by atoms with Crippen LogP contribution >= 0.6 is 0 Å². The molecule has 0 aromatic rings. The van der Waals surface area contributed by atoms with Crippen LogP contribution < -0.4 is 5.32 Å². The smallest absolute Gasteiger partial charge is 0.239 e. The first-order chi connectivity index (χ1) is 9.37. The van der Waals surface area contributed by atoms with Crippen LogP contribution in [0.4, 0.5) is 0 Å². The van der Waals surface area contributed by atoms with Gasteiger partial charge in [0.15, 0.2) is 0 Å². The van der Waals surface area contributed by atoms with E-state index < -0.39 is 0 Å². The summed E-state index contributed by atoms with van der Waals surface area (Å²) in [6.07, 6.45) is 3.35. The molecule has 1 N–H and O–H groups in total. The fraction of sp³-hybridized carbons (Fsp3) is 0.938. The molecule has 0 radical (unpaired) electrons. The van der Waals surface area contributed by atoms with E-state index in [2.05, 4.69) is 37.9 Å². The second kappa shape index (κ2) is 6.02. The molecule has 0 aromatic carbocycles. The van der Waals surface area contributed by atoms with E-state index in [1.54, 1.807) is 0 Å². The van der Waals surface area contributed by atoms with E-state index in [0.717, 1.165) is 32.4 Å². The molecule has 2 aliphatic rings. The maximum Gasteiger partial charge on any atom is 0.239 e. The summed E-state index contributed by atoms with van der Waals surface area (Å²) in [5, 5.41) is 3.41. The van der Waals surface area contributed by atoms with Crippen molar-refractivity contribution in [2.75, 3.05) is 13.2 Å². The number of carbonyl (C=O) groups excluding carboxylic acids is 1. The fourth-order valence-electron chi connectivity index (χ4n) is 3.64. The molecule has 3 unspecified atom stereocenters. The van der Waals surface area contributed by atoms with E-state index in [1.807, 2.05) is 6.92 Å². The van der Waals surface area contributed by atoms with Crippen molar-refractivity contribution in [2.45, 2.75) is 78.1 Å². The third kappa shape index (κ3) is 2.86. The number of ether oxygens (including phenoxy) is 1. The van der Waals surface area contributed by atoms with E-state index in [0.29, 0.717) is 18.2 Å². The summed E-state index contributed by atoms with van der Waals surface area (Å²) in [7, 11) is 0. The third-order valence-electron chi connectivity index (χ3n) is 4.88. The standard InChI is InChI=1S/C16H30N2O2/c1-6-20-14-10-13(16(14,4)5)18-9-7-8-12(15(18)19)17-11(2)3/h11-14,17H,6-10H2,1-5H3. The first kappa shape index (κ1) is 15.8. The number of nitrogens with one attached hydrogen (secondary N) is 1. The molecule has 2 rings (SSSR count). The highest BCUT2D eigenvalue weighted by atomic mass is 16.5. The van der Waals surface area contributed by atoms with E-state index in [9.17, 15) is 4.79 Å². The summed E-state index contributed by atoms with van der Waals surface area (Å²) < 4.78 is 5.79. The molecule has 0 aromatic heterocycles. The van der Waals surface area contributed by atoms with Crippen molar-refractivity contribution in [3.63, 3.8) is 0 Å². The maximum atomic E-state index is 12.7. The molecule has 1 aliphatic carbocycles. The van der Waals surface area contributed by atoms with Crippen molar-refractivity contribution >= 4 is 5.91 Å². The minimum atomic E-state index is 0.00527. The van der Waals surface area contributed by atoms with Gasteiger partial charge in [0, 0.05) is 30.7 Å². The Morgan fingerprint density at radius 1 is 1.45 bits per heavy atom. The molecule has 1 aliphatic heterocycles. The minimum absolute atomic E-state index is 0.00527. The Morgan fingerprint density at radius 2 is 2.15 bits per heavy atom. The lowest BCUT2D eigenvalue weighted by atomic mass is 9.63. The van der Waals surface area contributed by atoms with Crippen LogP contribution in [0.5, 0.6) is 0 Å². The van der Waals surface area contributed by atoms with Gasteiger partial charge in [-0.15, -0.1) is 0 Å². The van der Waals surface area contributed by atoms with Crippen LogP contribution in [0.2, 0.25) is 0 Å². The van der Waals surface area contributed by atoms with Crippen molar-refractivity contribution in [3.8, 4) is 0 Å². The van der Waals surface area contributed by atoms with Crippen molar-refractivity contribution in [3.05, 3.63) is 0 Å². The number of nitrogens with zero attached hydrogens (tertiary/aromatic N) is 1. The summed E-state index contributed by atoms with van der Waals surface area (Å²) in [5.41, 5.74) is 0.0748. The lowest BCUT2D eigenvalue weighted by Crippen LogP contribution is -2.66. The first-order valence-corrected chi connectivity index (χ1v) is 8.06. The molecule has 4 nitrogen and oxygen atoms in total. The zero-order chi connectivity index (χ0) is 14.9. The Labute approximate surface area is 123 Å². The normalized spacial score (nSPS) is 33.4. The average Bonchev–Trinajstić information content (AvgIpc) is 2.37. The summed E-state index contributed by atoms with van der Waals surface area (Å²) in [4.78, 5) is 14.8. The fourth-order valence-corrected chi connectivity index (χ4v) is 3.64. The van der Waals surface area contributed by atoms with Gasteiger partial charge in [0.1, 0.15) is 0 Å². The molecule has 0 spiro atoms. The lowest BCUT2D eigenvalue weighted by Gasteiger charge is -2.57. The van der Waals surface area contributed by atoms with Gasteiger partial charge in [0.2, 0.25) is 5.91 Å². The maximum absolute atomic E-state index is 12.7. The first-order valence-electron chi connectivity index (χ1n) is 8.06. The number of hydrogen-bond acceptors (Lipinski definition) is 3. The van der Waals surface area contributed by atoms with Gasteiger partial charge in [-0.1, -0.05) is 27.7 Å². The molecular weight excluding hydrogens is 252 g/mol. The molecule has 0 bridgehead atoms. The van der Waals surface area contributed by atoms with Crippen LogP contribution in [0.15, 0.2) is 0 Å². The largest absolute Gasteiger partial charge is 0.378 e. The summed E-state index contributed by atoms with van der Waals surface area (Å²) in [6.45, 7) is 12.4. The summed E-state index contributed by atoms with van der Waals surface area (Å²) in [6, 6.07) is 0.698. The predicted molar refractivity (Wildman–Crippen MR) is 80.6 cm³/mol. The molecule has 1 amide bonds. The van der Waals surface area contributed by atoms with E-state index in [4.69, 9.17) is 4.74 Å². The Balaban J connectivity index is 2.00. The van der Waals surface area contributed by atoms with Gasteiger partial charge in [-0.05, 0) is 26.2 Å². The third-order valence-corrected chi connectivity index (χ3v) is 4.88. The second-order valence-corrected chi connectivity index (χ2v) is 7.06. The lowest BCUT2D eigenvalue weighted by molar-refractivity contribution is -0.172. The average molecular weight is 282 g/mol. The van der Waals surface area contributed by atoms with Gasteiger partial charge in [0.05, 0.1) is 12.1 Å². The monoisotopic (exact) mass is 282 g/mol. The number of rotatable bonds is 5. The van der Waals surface area contributed by atoms with Crippen LogP contribution in [-0.4, -0.2) is 48.2 Å². The molecule has 2 fully saturated rings. The second-order valence-electron chi connectivity index (χ2n) is 7.06. The van der Waals surface area contributed by atoms with E-state index in [1.165, 1.54) is 0 Å². The SMILES string of the molecule is CCOC1CC(N2CCCC(NC(C)C)C2=O)C1(C)C. The minimum Gasteiger partial charge on any atom is -0.378 e. The molecule has 3 atom stereocenters. The van der Waals surface area contributed by atoms with Gasteiger partial charge >= 0.3 is 0 Å². The van der Waals surface area contributed by atoms with Crippen LogP contribution in [0.25, 0.3) is 0 Å². The van der Waals surface area contributed by atoms with Gasteiger partial charge in [-0.3, -0.25) is 4.79 Å². The van der Waals surface area contributed by atoms with Crippen molar-refractivity contribution in [2.24, 2.45) is 5.41 Å². The molecule has 20 heavy (non-hydrogen) atoms. The van der Waals surface area contributed by atoms with Crippen LogP contribution in [0.3, 0.4) is 0 Å². The summed E-state index contributed by atoms with van der Waals surface area (Å²) >= 11 is 0. The van der Waals surface area contributed by atoms with Crippen LogP contribution in [0.1, 0.15) is 53.9 Å². The van der Waals surface area contributed by atoms with Gasteiger partial charge < -0.3 is 15.0 Å². The van der Waals surface area contributed by atoms with Gasteiger partial charge in [0.25, 0.3) is 0 Å².